The van der Waals surface area contributed by atoms with Crippen LogP contribution in [0.5, 0.6) is 0 Å². The van der Waals surface area contributed by atoms with Gasteiger partial charge in [0.15, 0.2) is 0 Å². The van der Waals surface area contributed by atoms with E-state index in [1.807, 2.05) is 35.2 Å². The maximum atomic E-state index is 12.8. The minimum Gasteiger partial charge on any atom is -0.336 e. The molecule has 0 saturated carbocycles. The number of nitrogens with zero attached hydrogens (tertiary/aromatic N) is 1. The second kappa shape index (κ2) is 6.46. The standard InChI is InChI=1S/C17H20N2O.ClH/c1-12-10-19(11-13(2)18-12)17(20)16-9-5-7-14-6-3-4-8-15(14)16;/h3-9,12-13,18H,10-11H2,1-2H3;1H. The maximum absolute atomic E-state index is 12.8. The molecule has 1 aliphatic rings. The lowest BCUT2D eigenvalue weighted by Crippen LogP contribution is -2.55. The van der Waals surface area contributed by atoms with Crippen LogP contribution in [-0.2, 0) is 0 Å². The van der Waals surface area contributed by atoms with E-state index in [9.17, 15) is 4.79 Å². The van der Waals surface area contributed by atoms with Gasteiger partial charge in [-0.3, -0.25) is 4.79 Å². The minimum atomic E-state index is 0. The first-order valence-corrected chi connectivity index (χ1v) is 7.18. The van der Waals surface area contributed by atoms with E-state index >= 15 is 0 Å². The molecule has 112 valence electrons. The molecular weight excluding hydrogens is 284 g/mol. The molecule has 3 rings (SSSR count). The number of fused-ring (bicyclic) bond motifs is 1. The fourth-order valence-electron chi connectivity index (χ4n) is 3.07. The van der Waals surface area contributed by atoms with Gasteiger partial charge in [-0.1, -0.05) is 36.4 Å². The maximum Gasteiger partial charge on any atom is 0.254 e. The van der Waals surface area contributed by atoms with Crippen LogP contribution < -0.4 is 5.32 Å². The zero-order chi connectivity index (χ0) is 14.1. The Morgan fingerprint density at radius 2 is 1.67 bits per heavy atom. The van der Waals surface area contributed by atoms with Crippen LogP contribution in [0.4, 0.5) is 0 Å². The third kappa shape index (κ3) is 3.20. The summed E-state index contributed by atoms with van der Waals surface area (Å²) in [7, 11) is 0. The Morgan fingerprint density at radius 3 is 2.38 bits per heavy atom. The number of hydrogen-bond donors (Lipinski definition) is 1. The molecule has 1 fully saturated rings. The Kier molecular flexibility index (Phi) is 4.86. The molecule has 1 N–H and O–H groups in total. The van der Waals surface area contributed by atoms with Crippen molar-refractivity contribution in [2.45, 2.75) is 25.9 Å². The number of hydrogen-bond acceptors (Lipinski definition) is 2. The summed E-state index contributed by atoms with van der Waals surface area (Å²) >= 11 is 0. The summed E-state index contributed by atoms with van der Waals surface area (Å²) in [5.41, 5.74) is 0.810. The number of nitrogens with one attached hydrogen (secondary N) is 1. The molecule has 1 saturated heterocycles. The molecule has 3 nitrogen and oxygen atoms in total. The fraction of sp³-hybridized carbons (Fsp3) is 0.353. The lowest BCUT2D eigenvalue weighted by atomic mass is 10.0. The average molecular weight is 305 g/mol. The number of piperazine rings is 1. The van der Waals surface area contributed by atoms with Crippen molar-refractivity contribution in [2.75, 3.05) is 13.1 Å². The Bertz CT molecular complexity index is 628. The SMILES string of the molecule is CC1CN(C(=O)c2cccc3ccccc23)CC(C)N1.Cl. The highest BCUT2D eigenvalue weighted by molar-refractivity contribution is 6.07. The molecule has 1 amide bonds. The molecule has 1 aliphatic heterocycles. The van der Waals surface area contributed by atoms with Gasteiger partial charge in [-0.25, -0.2) is 0 Å². The summed E-state index contributed by atoms with van der Waals surface area (Å²) in [6.07, 6.45) is 0. The van der Waals surface area contributed by atoms with Crippen LogP contribution >= 0.6 is 12.4 Å². The first kappa shape index (κ1) is 15.8. The molecular formula is C17H21ClN2O. The molecule has 1 heterocycles. The number of amides is 1. The van der Waals surface area contributed by atoms with Crippen molar-refractivity contribution in [1.82, 2.24) is 10.2 Å². The van der Waals surface area contributed by atoms with Gasteiger partial charge in [-0.2, -0.15) is 0 Å². The van der Waals surface area contributed by atoms with Crippen molar-refractivity contribution in [3.05, 3.63) is 48.0 Å². The van der Waals surface area contributed by atoms with Crippen LogP contribution in [0, 0.1) is 0 Å². The van der Waals surface area contributed by atoms with Crippen molar-refractivity contribution in [1.29, 1.82) is 0 Å². The molecule has 2 unspecified atom stereocenters. The van der Waals surface area contributed by atoms with Crippen LogP contribution in [0.25, 0.3) is 10.8 Å². The third-order valence-electron chi connectivity index (χ3n) is 3.86. The Morgan fingerprint density at radius 1 is 1.05 bits per heavy atom. The van der Waals surface area contributed by atoms with Gasteiger partial charge in [0.1, 0.15) is 0 Å². The Hall–Kier alpha value is -1.58. The smallest absolute Gasteiger partial charge is 0.254 e. The highest BCUT2D eigenvalue weighted by Gasteiger charge is 2.26. The Balaban J connectivity index is 0.00000161. The number of benzene rings is 2. The van der Waals surface area contributed by atoms with E-state index in [2.05, 4.69) is 31.3 Å². The molecule has 2 aromatic rings. The minimum absolute atomic E-state index is 0. The van der Waals surface area contributed by atoms with E-state index in [1.54, 1.807) is 0 Å². The lowest BCUT2D eigenvalue weighted by Gasteiger charge is -2.36. The van der Waals surface area contributed by atoms with Gasteiger partial charge in [0.2, 0.25) is 0 Å². The van der Waals surface area contributed by atoms with Crippen LogP contribution in [0.1, 0.15) is 24.2 Å². The highest BCUT2D eigenvalue weighted by Crippen LogP contribution is 2.21. The molecule has 0 bridgehead atoms. The van der Waals surface area contributed by atoms with Gasteiger partial charge in [0, 0.05) is 30.7 Å². The lowest BCUT2D eigenvalue weighted by molar-refractivity contribution is 0.0676. The fourth-order valence-corrected chi connectivity index (χ4v) is 3.07. The summed E-state index contributed by atoms with van der Waals surface area (Å²) in [6.45, 7) is 5.79. The zero-order valence-electron chi connectivity index (χ0n) is 12.4. The number of carbonyl (C=O) groups excluding carboxylic acids is 1. The second-order valence-electron chi connectivity index (χ2n) is 5.71. The van der Waals surface area contributed by atoms with Gasteiger partial charge < -0.3 is 10.2 Å². The summed E-state index contributed by atoms with van der Waals surface area (Å²) in [5.74, 6) is 0.141. The average Bonchev–Trinajstić information content (AvgIpc) is 2.45. The van der Waals surface area contributed by atoms with E-state index < -0.39 is 0 Å². The first-order valence-electron chi connectivity index (χ1n) is 7.18. The number of carbonyl (C=O) groups is 1. The van der Waals surface area contributed by atoms with Gasteiger partial charge in [0.25, 0.3) is 5.91 Å². The summed E-state index contributed by atoms with van der Waals surface area (Å²) < 4.78 is 0. The van der Waals surface area contributed by atoms with Crippen LogP contribution in [-0.4, -0.2) is 36.0 Å². The first-order chi connectivity index (χ1) is 9.65. The van der Waals surface area contributed by atoms with Gasteiger partial charge in [-0.15, -0.1) is 12.4 Å². The van der Waals surface area contributed by atoms with Crippen LogP contribution in [0.15, 0.2) is 42.5 Å². The van der Waals surface area contributed by atoms with E-state index in [0.717, 1.165) is 29.4 Å². The van der Waals surface area contributed by atoms with Gasteiger partial charge in [-0.05, 0) is 30.7 Å². The van der Waals surface area contributed by atoms with E-state index in [1.165, 1.54) is 0 Å². The second-order valence-corrected chi connectivity index (χ2v) is 5.71. The van der Waals surface area contributed by atoms with E-state index in [-0.39, 0.29) is 18.3 Å². The normalized spacial score (nSPS) is 21.9. The molecule has 0 radical (unpaired) electrons. The molecule has 21 heavy (non-hydrogen) atoms. The van der Waals surface area contributed by atoms with E-state index in [0.29, 0.717) is 12.1 Å². The molecule has 2 aromatic carbocycles. The van der Waals surface area contributed by atoms with E-state index in [4.69, 9.17) is 0 Å². The quantitative estimate of drug-likeness (QED) is 0.878. The van der Waals surface area contributed by atoms with Crippen molar-refractivity contribution < 1.29 is 4.79 Å². The topological polar surface area (TPSA) is 32.3 Å². The number of halogens is 1. The molecule has 0 aromatic heterocycles. The van der Waals surface area contributed by atoms with Gasteiger partial charge >= 0.3 is 0 Å². The molecule has 4 heteroatoms. The highest BCUT2D eigenvalue weighted by atomic mass is 35.5. The van der Waals surface area contributed by atoms with Crippen molar-refractivity contribution in [3.8, 4) is 0 Å². The third-order valence-corrected chi connectivity index (χ3v) is 3.86. The summed E-state index contributed by atoms with van der Waals surface area (Å²) in [6, 6.07) is 14.7. The number of rotatable bonds is 1. The predicted octanol–water partition coefficient (Wildman–Crippen LogP) is 3.08. The summed E-state index contributed by atoms with van der Waals surface area (Å²) in [4.78, 5) is 14.8. The van der Waals surface area contributed by atoms with Crippen LogP contribution in [0.2, 0.25) is 0 Å². The summed E-state index contributed by atoms with van der Waals surface area (Å²) in [5, 5.41) is 5.62. The van der Waals surface area contributed by atoms with Crippen molar-refractivity contribution >= 4 is 29.1 Å². The van der Waals surface area contributed by atoms with Crippen LogP contribution in [0.3, 0.4) is 0 Å². The van der Waals surface area contributed by atoms with Gasteiger partial charge in [0.05, 0.1) is 0 Å². The monoisotopic (exact) mass is 304 g/mol. The largest absolute Gasteiger partial charge is 0.336 e. The Labute approximate surface area is 131 Å². The zero-order valence-corrected chi connectivity index (χ0v) is 13.2. The van der Waals surface area contributed by atoms with Crippen molar-refractivity contribution in [3.63, 3.8) is 0 Å². The molecule has 2 atom stereocenters. The van der Waals surface area contributed by atoms with Crippen molar-refractivity contribution in [2.24, 2.45) is 0 Å². The molecule has 0 spiro atoms. The predicted molar refractivity (Wildman–Crippen MR) is 89.2 cm³/mol. The molecule has 0 aliphatic carbocycles.